The Morgan fingerprint density at radius 2 is 1.86 bits per heavy atom. The normalized spacial score (nSPS) is 10.9. The summed E-state index contributed by atoms with van der Waals surface area (Å²) in [5, 5.41) is 16.5. The van der Waals surface area contributed by atoms with Crippen LogP contribution < -0.4 is 16.2 Å². The number of anilines is 3. The van der Waals surface area contributed by atoms with Crippen LogP contribution in [-0.2, 0) is 16.4 Å². The fraction of sp³-hybridized carbons (Fsp3) is 0.0909. The molecule has 9 nitrogen and oxygen atoms in total. The molecule has 0 bridgehead atoms. The average molecular weight is 305 g/mol. The number of nitriles is 1. The Kier molecular flexibility index (Phi) is 3.97. The third kappa shape index (κ3) is 3.85. The zero-order valence-corrected chi connectivity index (χ0v) is 11.5. The molecule has 0 amide bonds. The molecule has 0 atom stereocenters. The van der Waals surface area contributed by atoms with Crippen LogP contribution in [0.25, 0.3) is 0 Å². The minimum absolute atomic E-state index is 0.00571. The number of nitrogens with zero attached hydrogens (tertiary/aromatic N) is 4. The molecule has 0 fully saturated rings. The first-order valence-corrected chi connectivity index (χ1v) is 7.20. The molecule has 2 rings (SSSR count). The molecule has 1 aromatic heterocycles. The zero-order chi connectivity index (χ0) is 15.5. The van der Waals surface area contributed by atoms with Crippen molar-refractivity contribution in [2.75, 3.05) is 11.1 Å². The molecule has 0 saturated heterocycles. The van der Waals surface area contributed by atoms with Crippen LogP contribution in [0.4, 0.5) is 17.6 Å². The molecule has 0 aliphatic rings. The smallest absolute Gasteiger partial charge is 0.238 e. The highest BCUT2D eigenvalue weighted by atomic mass is 32.2. The van der Waals surface area contributed by atoms with E-state index in [1.165, 1.54) is 24.3 Å². The summed E-state index contributed by atoms with van der Waals surface area (Å²) in [5.41, 5.74) is 6.05. The Morgan fingerprint density at radius 3 is 2.43 bits per heavy atom. The fourth-order valence-electron chi connectivity index (χ4n) is 1.50. The number of nitrogens with two attached hydrogens (primary N) is 2. The van der Waals surface area contributed by atoms with Crippen molar-refractivity contribution >= 4 is 27.6 Å². The number of hydrogen-bond donors (Lipinski definition) is 3. The molecule has 5 N–H and O–H groups in total. The monoisotopic (exact) mass is 305 g/mol. The second-order valence-electron chi connectivity index (χ2n) is 3.96. The van der Waals surface area contributed by atoms with Crippen molar-refractivity contribution in [1.29, 1.82) is 5.26 Å². The summed E-state index contributed by atoms with van der Waals surface area (Å²) >= 11 is 0. The van der Waals surface area contributed by atoms with Crippen LogP contribution in [0.5, 0.6) is 0 Å². The van der Waals surface area contributed by atoms with Crippen LogP contribution in [0.15, 0.2) is 29.2 Å². The van der Waals surface area contributed by atoms with Gasteiger partial charge in [0.1, 0.15) is 5.82 Å². The number of primary sulfonamides is 1. The maximum absolute atomic E-state index is 11.1. The van der Waals surface area contributed by atoms with Crippen LogP contribution in [0.2, 0.25) is 0 Å². The van der Waals surface area contributed by atoms with E-state index >= 15 is 0 Å². The van der Waals surface area contributed by atoms with Crippen LogP contribution >= 0.6 is 0 Å². The molecule has 108 valence electrons. The standard InChI is InChI=1S/C11H11N7O2S/c12-6-5-9-16-10(13)18-11(17-9)15-7-1-3-8(4-2-7)21(14,19)20/h1-4H,5H2,(H2,14,19,20)(H3,13,15,16,17,18). The number of benzene rings is 1. The third-order valence-corrected chi connectivity index (χ3v) is 3.30. The van der Waals surface area contributed by atoms with Crippen molar-refractivity contribution in [3.63, 3.8) is 0 Å². The van der Waals surface area contributed by atoms with E-state index in [9.17, 15) is 8.42 Å². The molecule has 10 heteroatoms. The molecule has 0 radical (unpaired) electrons. The number of sulfonamides is 1. The van der Waals surface area contributed by atoms with E-state index in [1.54, 1.807) is 0 Å². The summed E-state index contributed by atoms with van der Waals surface area (Å²) in [6, 6.07) is 7.61. The lowest BCUT2D eigenvalue weighted by Gasteiger charge is -2.06. The molecule has 0 aliphatic carbocycles. The van der Waals surface area contributed by atoms with E-state index in [0.29, 0.717) is 5.69 Å². The van der Waals surface area contributed by atoms with Crippen LogP contribution in [0, 0.1) is 11.3 Å². The summed E-state index contributed by atoms with van der Waals surface area (Å²) in [5.74, 6) is 0.392. The number of nitrogens with one attached hydrogen (secondary N) is 1. The van der Waals surface area contributed by atoms with Gasteiger partial charge in [0, 0.05) is 5.69 Å². The lowest BCUT2D eigenvalue weighted by atomic mass is 10.3. The first-order valence-electron chi connectivity index (χ1n) is 5.66. The van der Waals surface area contributed by atoms with Crippen molar-refractivity contribution in [3.05, 3.63) is 30.1 Å². The Balaban J connectivity index is 2.24. The summed E-state index contributed by atoms with van der Waals surface area (Å²) in [4.78, 5) is 11.7. The summed E-state index contributed by atoms with van der Waals surface area (Å²) in [6.07, 6.45) is 0.00571. The van der Waals surface area contributed by atoms with Crippen molar-refractivity contribution in [2.24, 2.45) is 5.14 Å². The predicted octanol–water partition coefficient (Wildman–Crippen LogP) is -0.0891. The predicted molar refractivity (Wildman–Crippen MR) is 74.7 cm³/mol. The van der Waals surface area contributed by atoms with Crippen molar-refractivity contribution < 1.29 is 8.42 Å². The Hall–Kier alpha value is -2.77. The summed E-state index contributed by atoms with van der Waals surface area (Å²) in [6.45, 7) is 0. The lowest BCUT2D eigenvalue weighted by Crippen LogP contribution is -2.12. The highest BCUT2D eigenvalue weighted by molar-refractivity contribution is 7.89. The van der Waals surface area contributed by atoms with E-state index in [0.717, 1.165) is 0 Å². The van der Waals surface area contributed by atoms with Crippen LogP contribution in [-0.4, -0.2) is 23.4 Å². The van der Waals surface area contributed by atoms with Crippen molar-refractivity contribution in [1.82, 2.24) is 15.0 Å². The molecule has 0 spiro atoms. The highest BCUT2D eigenvalue weighted by Crippen LogP contribution is 2.16. The Bertz CT molecular complexity index is 796. The van der Waals surface area contributed by atoms with Gasteiger partial charge >= 0.3 is 0 Å². The first kappa shape index (κ1) is 14.6. The number of rotatable bonds is 4. The van der Waals surface area contributed by atoms with Gasteiger partial charge in [-0.05, 0) is 24.3 Å². The molecule has 0 aliphatic heterocycles. The average Bonchev–Trinajstić information content (AvgIpc) is 2.38. The molecule has 0 unspecified atom stereocenters. The largest absolute Gasteiger partial charge is 0.368 e. The number of aromatic nitrogens is 3. The maximum Gasteiger partial charge on any atom is 0.238 e. The molecular formula is C11H11N7O2S. The summed E-state index contributed by atoms with van der Waals surface area (Å²) in [7, 11) is -3.74. The number of hydrogen-bond acceptors (Lipinski definition) is 8. The SMILES string of the molecule is N#CCc1nc(N)nc(Nc2ccc(S(N)(=O)=O)cc2)n1. The second kappa shape index (κ2) is 5.70. The Labute approximate surface area is 120 Å². The second-order valence-corrected chi connectivity index (χ2v) is 5.52. The molecule has 2 aromatic rings. The summed E-state index contributed by atoms with van der Waals surface area (Å²) < 4.78 is 22.3. The van der Waals surface area contributed by atoms with Gasteiger partial charge in [-0.15, -0.1) is 0 Å². The topological polar surface area (TPSA) is 161 Å². The van der Waals surface area contributed by atoms with E-state index in [-0.39, 0.29) is 29.0 Å². The van der Waals surface area contributed by atoms with Crippen LogP contribution in [0.3, 0.4) is 0 Å². The van der Waals surface area contributed by atoms with Gasteiger partial charge in [-0.1, -0.05) is 0 Å². The number of nitrogen functional groups attached to an aromatic ring is 1. The van der Waals surface area contributed by atoms with Crippen molar-refractivity contribution in [2.45, 2.75) is 11.3 Å². The van der Waals surface area contributed by atoms with Crippen molar-refractivity contribution in [3.8, 4) is 6.07 Å². The maximum atomic E-state index is 11.1. The molecule has 21 heavy (non-hydrogen) atoms. The molecule has 0 saturated carbocycles. The van der Waals surface area contributed by atoms with Gasteiger partial charge < -0.3 is 11.1 Å². The van der Waals surface area contributed by atoms with Crippen LogP contribution in [0.1, 0.15) is 5.82 Å². The molecule has 1 heterocycles. The highest BCUT2D eigenvalue weighted by Gasteiger charge is 2.08. The minimum atomic E-state index is -3.74. The van der Waals surface area contributed by atoms with Gasteiger partial charge in [0.2, 0.25) is 21.9 Å². The van der Waals surface area contributed by atoms with Gasteiger partial charge in [0.05, 0.1) is 17.4 Å². The van der Waals surface area contributed by atoms with Gasteiger partial charge in [0.15, 0.2) is 0 Å². The van der Waals surface area contributed by atoms with E-state index in [1.807, 2.05) is 6.07 Å². The molecular weight excluding hydrogens is 294 g/mol. The van der Waals surface area contributed by atoms with Gasteiger partial charge in [0.25, 0.3) is 0 Å². The van der Waals surface area contributed by atoms with E-state index < -0.39 is 10.0 Å². The lowest BCUT2D eigenvalue weighted by molar-refractivity contribution is 0.598. The molecule has 1 aromatic carbocycles. The quantitative estimate of drug-likeness (QED) is 0.706. The zero-order valence-electron chi connectivity index (χ0n) is 10.7. The third-order valence-electron chi connectivity index (χ3n) is 2.38. The van der Waals surface area contributed by atoms with E-state index in [4.69, 9.17) is 16.1 Å². The van der Waals surface area contributed by atoms with Gasteiger partial charge in [-0.25, -0.2) is 13.6 Å². The first-order chi connectivity index (χ1) is 9.88. The van der Waals surface area contributed by atoms with Gasteiger partial charge in [-0.2, -0.15) is 20.2 Å². The fourth-order valence-corrected chi connectivity index (χ4v) is 2.02. The minimum Gasteiger partial charge on any atom is -0.368 e. The Morgan fingerprint density at radius 1 is 1.19 bits per heavy atom. The van der Waals surface area contributed by atoms with E-state index in [2.05, 4.69) is 20.3 Å². The van der Waals surface area contributed by atoms with Gasteiger partial charge in [-0.3, -0.25) is 0 Å².